The fraction of sp³-hybridized carbons (Fsp3) is 0. The number of hydrogen-bond acceptors (Lipinski definition) is 2. The lowest BCUT2D eigenvalue weighted by molar-refractivity contribution is 0.112. The quantitative estimate of drug-likeness (QED) is 0.632. The minimum Gasteiger partial charge on any atom is -0.444 e. The average Bonchev–Trinajstić information content (AvgIpc) is 2.44. The van der Waals surface area contributed by atoms with Crippen molar-refractivity contribution in [2.24, 2.45) is 0 Å². The average molecular weight is 181 g/mol. The van der Waals surface area contributed by atoms with Crippen LogP contribution >= 0.6 is 11.6 Å². The molecule has 2 nitrogen and oxygen atoms in total. The highest BCUT2D eigenvalue weighted by atomic mass is 35.5. The molecule has 0 amide bonds. The normalized spacial score (nSPS) is 10.4. The van der Waals surface area contributed by atoms with Crippen molar-refractivity contribution in [2.45, 2.75) is 0 Å². The van der Waals surface area contributed by atoms with Crippen LogP contribution in [0.25, 0.3) is 11.0 Å². The van der Waals surface area contributed by atoms with E-state index in [1.54, 1.807) is 18.2 Å². The van der Waals surface area contributed by atoms with E-state index in [0.717, 1.165) is 11.7 Å². The highest BCUT2D eigenvalue weighted by molar-refractivity contribution is 6.29. The first-order chi connectivity index (χ1) is 5.81. The third-order valence-electron chi connectivity index (χ3n) is 1.67. The van der Waals surface area contributed by atoms with Crippen molar-refractivity contribution in [2.75, 3.05) is 0 Å². The zero-order valence-corrected chi connectivity index (χ0v) is 6.84. The minimum atomic E-state index is 0.305. The highest BCUT2D eigenvalue weighted by Gasteiger charge is 2.04. The maximum absolute atomic E-state index is 10.5. The lowest BCUT2D eigenvalue weighted by Crippen LogP contribution is -1.77. The fourth-order valence-electron chi connectivity index (χ4n) is 1.15. The van der Waals surface area contributed by atoms with E-state index in [2.05, 4.69) is 0 Å². The van der Waals surface area contributed by atoms with Gasteiger partial charge in [0.15, 0.2) is 11.5 Å². The Morgan fingerprint density at radius 3 is 3.00 bits per heavy atom. The maximum atomic E-state index is 10.5. The van der Waals surface area contributed by atoms with Crippen LogP contribution in [0.4, 0.5) is 0 Å². The van der Waals surface area contributed by atoms with Crippen molar-refractivity contribution in [3.8, 4) is 0 Å². The molecule has 0 atom stereocenters. The predicted octanol–water partition coefficient (Wildman–Crippen LogP) is 2.90. The van der Waals surface area contributed by atoms with E-state index in [9.17, 15) is 4.79 Å². The van der Waals surface area contributed by atoms with E-state index in [1.165, 1.54) is 0 Å². The second-order valence-electron chi connectivity index (χ2n) is 2.43. The molecule has 0 fully saturated rings. The largest absolute Gasteiger partial charge is 0.444 e. The molecule has 1 aromatic carbocycles. The number of aldehydes is 1. The number of carbonyl (C=O) groups is 1. The van der Waals surface area contributed by atoms with Gasteiger partial charge in [0.05, 0.1) is 5.56 Å². The number of benzene rings is 1. The molecule has 0 saturated carbocycles. The van der Waals surface area contributed by atoms with Gasteiger partial charge in [0.2, 0.25) is 0 Å². The molecule has 0 spiro atoms. The Kier molecular flexibility index (Phi) is 1.62. The van der Waals surface area contributed by atoms with Gasteiger partial charge in [-0.15, -0.1) is 0 Å². The summed E-state index contributed by atoms with van der Waals surface area (Å²) in [4.78, 5) is 10.5. The molecule has 0 aliphatic carbocycles. The SMILES string of the molecule is O=Cc1cccc2cc(Cl)oc12. The van der Waals surface area contributed by atoms with Crippen LogP contribution < -0.4 is 0 Å². The third kappa shape index (κ3) is 1.01. The lowest BCUT2D eigenvalue weighted by Gasteiger charge is -1.89. The Balaban J connectivity index is 2.86. The smallest absolute Gasteiger partial charge is 0.194 e. The number of furan rings is 1. The molecule has 0 radical (unpaired) electrons. The standard InChI is InChI=1S/C9H5ClO2/c10-8-4-6-2-1-3-7(5-11)9(6)12-8/h1-5H. The van der Waals surface area contributed by atoms with Crippen molar-refractivity contribution in [1.82, 2.24) is 0 Å². The molecule has 1 aromatic heterocycles. The zero-order chi connectivity index (χ0) is 8.55. The molecule has 12 heavy (non-hydrogen) atoms. The zero-order valence-electron chi connectivity index (χ0n) is 6.08. The van der Waals surface area contributed by atoms with Gasteiger partial charge in [0.1, 0.15) is 5.58 Å². The van der Waals surface area contributed by atoms with Crippen molar-refractivity contribution < 1.29 is 9.21 Å². The lowest BCUT2D eigenvalue weighted by atomic mass is 10.2. The summed E-state index contributed by atoms with van der Waals surface area (Å²) < 4.78 is 5.12. The molecule has 1 heterocycles. The van der Waals surface area contributed by atoms with Crippen LogP contribution in [-0.2, 0) is 0 Å². The fourth-order valence-corrected chi connectivity index (χ4v) is 1.34. The topological polar surface area (TPSA) is 30.2 Å². The number of hydrogen-bond donors (Lipinski definition) is 0. The molecule has 0 saturated heterocycles. The van der Waals surface area contributed by atoms with E-state index in [4.69, 9.17) is 16.0 Å². The number of halogens is 1. The van der Waals surface area contributed by atoms with Gasteiger partial charge < -0.3 is 4.42 Å². The minimum absolute atomic E-state index is 0.305. The molecule has 0 aliphatic heterocycles. The molecule has 0 N–H and O–H groups in total. The van der Waals surface area contributed by atoms with Crippen LogP contribution in [0.3, 0.4) is 0 Å². The summed E-state index contributed by atoms with van der Waals surface area (Å²) in [6.45, 7) is 0. The summed E-state index contributed by atoms with van der Waals surface area (Å²) in [7, 11) is 0. The second-order valence-corrected chi connectivity index (χ2v) is 2.81. The van der Waals surface area contributed by atoms with Crippen molar-refractivity contribution in [3.63, 3.8) is 0 Å². The molecule has 0 bridgehead atoms. The number of para-hydroxylation sites is 1. The van der Waals surface area contributed by atoms with E-state index < -0.39 is 0 Å². The monoisotopic (exact) mass is 180 g/mol. The van der Waals surface area contributed by atoms with Crippen LogP contribution in [-0.4, -0.2) is 6.29 Å². The Labute approximate surface area is 73.7 Å². The van der Waals surface area contributed by atoms with Crippen LogP contribution in [0, 0.1) is 0 Å². The summed E-state index contributed by atoms with van der Waals surface area (Å²) in [5, 5.41) is 1.16. The maximum Gasteiger partial charge on any atom is 0.194 e. The summed E-state index contributed by atoms with van der Waals surface area (Å²) in [6.07, 6.45) is 0.752. The molecule has 0 aliphatic rings. The van der Waals surface area contributed by atoms with Crippen molar-refractivity contribution in [1.29, 1.82) is 0 Å². The van der Waals surface area contributed by atoms with Crippen LogP contribution in [0.2, 0.25) is 5.22 Å². The van der Waals surface area contributed by atoms with Crippen LogP contribution in [0.15, 0.2) is 28.7 Å². The first-order valence-corrected chi connectivity index (χ1v) is 3.82. The predicted molar refractivity (Wildman–Crippen MR) is 46.6 cm³/mol. The molecule has 3 heteroatoms. The molecule has 0 unspecified atom stereocenters. The van der Waals surface area contributed by atoms with Gasteiger partial charge in [0, 0.05) is 11.5 Å². The molecule has 2 rings (SSSR count). The number of rotatable bonds is 1. The van der Waals surface area contributed by atoms with Gasteiger partial charge in [0.25, 0.3) is 0 Å². The molecular formula is C9H5ClO2. The molecular weight excluding hydrogens is 176 g/mol. The highest BCUT2D eigenvalue weighted by Crippen LogP contribution is 2.24. The van der Waals surface area contributed by atoms with Gasteiger partial charge in [-0.2, -0.15) is 0 Å². The van der Waals surface area contributed by atoms with Gasteiger partial charge in [-0.1, -0.05) is 12.1 Å². The first-order valence-electron chi connectivity index (χ1n) is 3.44. The van der Waals surface area contributed by atoms with Gasteiger partial charge in [-0.3, -0.25) is 4.79 Å². The molecule has 2 aromatic rings. The van der Waals surface area contributed by atoms with Gasteiger partial charge >= 0.3 is 0 Å². The van der Waals surface area contributed by atoms with E-state index in [-0.39, 0.29) is 0 Å². The Morgan fingerprint density at radius 1 is 1.42 bits per heavy atom. The Morgan fingerprint density at radius 2 is 2.25 bits per heavy atom. The summed E-state index contributed by atoms with van der Waals surface area (Å²) in [5.74, 6) is 0. The Hall–Kier alpha value is -1.28. The molecule has 60 valence electrons. The van der Waals surface area contributed by atoms with Gasteiger partial charge in [-0.05, 0) is 17.7 Å². The van der Waals surface area contributed by atoms with Crippen molar-refractivity contribution >= 4 is 28.9 Å². The van der Waals surface area contributed by atoms with Crippen molar-refractivity contribution in [3.05, 3.63) is 35.0 Å². The second kappa shape index (κ2) is 2.64. The summed E-state index contributed by atoms with van der Waals surface area (Å²) in [5.41, 5.74) is 1.08. The first kappa shape index (κ1) is 7.37. The van der Waals surface area contributed by atoms with Crippen LogP contribution in [0.5, 0.6) is 0 Å². The third-order valence-corrected chi connectivity index (χ3v) is 1.86. The number of carbonyl (C=O) groups excluding carboxylic acids is 1. The van der Waals surface area contributed by atoms with Crippen LogP contribution in [0.1, 0.15) is 10.4 Å². The van der Waals surface area contributed by atoms with E-state index in [1.807, 2.05) is 6.07 Å². The number of fused-ring (bicyclic) bond motifs is 1. The Bertz CT molecular complexity index is 431. The summed E-state index contributed by atoms with van der Waals surface area (Å²) >= 11 is 5.63. The van der Waals surface area contributed by atoms with E-state index >= 15 is 0 Å². The summed E-state index contributed by atoms with van der Waals surface area (Å²) in [6, 6.07) is 7.01. The van der Waals surface area contributed by atoms with E-state index in [0.29, 0.717) is 16.4 Å². The van der Waals surface area contributed by atoms with Gasteiger partial charge in [-0.25, -0.2) is 0 Å².